The first-order valence-electron chi connectivity index (χ1n) is 15.3. The molecule has 11 heteroatoms. The van der Waals surface area contributed by atoms with Crippen LogP contribution in [0.5, 0.6) is 0 Å². The largest absolute Gasteiger partial charge is 0.377 e. The second kappa shape index (κ2) is 16.6. The van der Waals surface area contributed by atoms with Crippen molar-refractivity contribution in [3.8, 4) is 0 Å². The van der Waals surface area contributed by atoms with E-state index in [9.17, 15) is 14.4 Å². The van der Waals surface area contributed by atoms with Crippen molar-refractivity contribution in [2.45, 2.75) is 97.4 Å². The molecule has 2 aliphatic heterocycles. The minimum Gasteiger partial charge on any atom is -0.377 e. The van der Waals surface area contributed by atoms with Crippen molar-refractivity contribution in [1.82, 2.24) is 10.1 Å². The van der Waals surface area contributed by atoms with E-state index in [-0.39, 0.29) is 49.8 Å². The van der Waals surface area contributed by atoms with Gasteiger partial charge in [0.05, 0.1) is 46.2 Å². The lowest BCUT2D eigenvalue weighted by atomic mass is 9.82. The van der Waals surface area contributed by atoms with Crippen molar-refractivity contribution in [1.29, 1.82) is 0 Å². The van der Waals surface area contributed by atoms with E-state index in [0.29, 0.717) is 44.0 Å². The fourth-order valence-electron chi connectivity index (χ4n) is 5.44. The van der Waals surface area contributed by atoms with Gasteiger partial charge in [-0.15, -0.1) is 5.06 Å². The minimum absolute atomic E-state index is 0.00973. The molecule has 0 radical (unpaired) electrons. The van der Waals surface area contributed by atoms with Crippen molar-refractivity contribution in [3.63, 3.8) is 0 Å². The smallest absolute Gasteiger partial charge is 0.358 e. The summed E-state index contributed by atoms with van der Waals surface area (Å²) >= 11 is 0. The molecule has 3 rings (SSSR count). The highest BCUT2D eigenvalue weighted by molar-refractivity contribution is 6.01. The molecular formula is C32H50N2O9. The third-order valence-electron chi connectivity index (χ3n) is 7.61. The van der Waals surface area contributed by atoms with Gasteiger partial charge in [0.25, 0.3) is 11.8 Å². The molecule has 1 aromatic carbocycles. The van der Waals surface area contributed by atoms with Gasteiger partial charge in [0.2, 0.25) is 0 Å². The van der Waals surface area contributed by atoms with Crippen LogP contribution in [0.25, 0.3) is 0 Å². The Balaban J connectivity index is 1.24. The number of piperidine rings is 1. The molecule has 1 aromatic rings. The lowest BCUT2D eigenvalue weighted by Gasteiger charge is -2.52. The summed E-state index contributed by atoms with van der Waals surface area (Å²) in [5.41, 5.74) is 2.24. The van der Waals surface area contributed by atoms with E-state index in [1.165, 1.54) is 12.0 Å². The highest BCUT2D eigenvalue weighted by Gasteiger charge is 2.44. The molecule has 2 aliphatic rings. The molecule has 1 unspecified atom stereocenters. The van der Waals surface area contributed by atoms with E-state index < -0.39 is 17.8 Å². The fraction of sp³-hybridized carbons (Fsp3) is 0.719. The first-order chi connectivity index (χ1) is 20.4. The maximum absolute atomic E-state index is 11.6. The van der Waals surface area contributed by atoms with Crippen LogP contribution in [0.15, 0.2) is 24.3 Å². The van der Waals surface area contributed by atoms with Crippen LogP contribution in [0.3, 0.4) is 0 Å². The topological polar surface area (TPSA) is 113 Å². The third kappa shape index (κ3) is 10.9. The molecule has 0 aromatic heterocycles. The van der Waals surface area contributed by atoms with Crippen LogP contribution in [0, 0.1) is 5.92 Å². The molecule has 0 N–H and O–H groups in total. The van der Waals surface area contributed by atoms with Crippen LogP contribution in [0.4, 0.5) is 0 Å². The van der Waals surface area contributed by atoms with E-state index in [2.05, 4.69) is 70.9 Å². The number of benzene rings is 1. The van der Waals surface area contributed by atoms with Gasteiger partial charge in [-0.1, -0.05) is 38.1 Å². The Kier molecular flexibility index (Phi) is 13.5. The van der Waals surface area contributed by atoms with E-state index in [1.54, 1.807) is 0 Å². The summed E-state index contributed by atoms with van der Waals surface area (Å²) in [5.74, 6) is -1.53. The van der Waals surface area contributed by atoms with Gasteiger partial charge in [0.1, 0.15) is 12.7 Å². The molecule has 11 nitrogen and oxygen atoms in total. The van der Waals surface area contributed by atoms with Crippen molar-refractivity contribution in [3.05, 3.63) is 35.4 Å². The number of carbonyl (C=O) groups is 3. The maximum atomic E-state index is 11.6. The van der Waals surface area contributed by atoms with Gasteiger partial charge in [0.15, 0.2) is 0 Å². The Bertz CT molecular complexity index is 1010. The second-order valence-corrected chi connectivity index (χ2v) is 12.7. The quantitative estimate of drug-likeness (QED) is 0.174. The normalized spacial score (nSPS) is 19.3. The number of ether oxygens (including phenoxy) is 4. The zero-order valence-electron chi connectivity index (χ0n) is 26.7. The van der Waals surface area contributed by atoms with Crippen LogP contribution in [-0.4, -0.2) is 85.2 Å². The highest BCUT2D eigenvalue weighted by Crippen LogP contribution is 2.41. The Morgan fingerprint density at radius 1 is 0.791 bits per heavy atom. The van der Waals surface area contributed by atoms with Crippen LogP contribution >= 0.6 is 0 Å². The van der Waals surface area contributed by atoms with Crippen molar-refractivity contribution in [2.75, 3.05) is 46.2 Å². The lowest BCUT2D eigenvalue weighted by Crippen LogP contribution is -2.58. The van der Waals surface area contributed by atoms with Crippen molar-refractivity contribution < 1.29 is 43.0 Å². The summed E-state index contributed by atoms with van der Waals surface area (Å²) in [5, 5.41) is 2.74. The van der Waals surface area contributed by atoms with Crippen molar-refractivity contribution >= 4 is 17.8 Å². The summed E-state index contributed by atoms with van der Waals surface area (Å²) < 4.78 is 21.9. The van der Waals surface area contributed by atoms with Gasteiger partial charge in [-0.25, -0.2) is 4.79 Å². The number of hydrogen-bond acceptors (Lipinski definition) is 10. The van der Waals surface area contributed by atoms with Gasteiger partial charge in [-0.05, 0) is 64.0 Å². The molecule has 1 atom stereocenters. The number of carbonyl (C=O) groups excluding carboxylic acids is 3. The third-order valence-corrected chi connectivity index (χ3v) is 7.61. The molecule has 0 bridgehead atoms. The van der Waals surface area contributed by atoms with Gasteiger partial charge in [0, 0.05) is 23.9 Å². The second-order valence-electron chi connectivity index (χ2n) is 12.7. The predicted molar refractivity (Wildman–Crippen MR) is 158 cm³/mol. The molecule has 2 heterocycles. The number of hydroxylamine groups is 4. The zero-order chi connectivity index (χ0) is 31.5. The summed E-state index contributed by atoms with van der Waals surface area (Å²) in [6.45, 7) is 15.7. The van der Waals surface area contributed by atoms with Crippen LogP contribution in [0.1, 0.15) is 90.9 Å². The average Bonchev–Trinajstić information content (AvgIpc) is 3.25. The monoisotopic (exact) mass is 606 g/mol. The predicted octanol–water partition coefficient (Wildman–Crippen LogP) is 4.53. The van der Waals surface area contributed by atoms with E-state index >= 15 is 0 Å². The number of hydrogen-bond donors (Lipinski definition) is 0. The van der Waals surface area contributed by atoms with E-state index in [0.717, 1.165) is 18.4 Å². The molecule has 2 amide bonds. The van der Waals surface area contributed by atoms with Gasteiger partial charge >= 0.3 is 5.97 Å². The maximum Gasteiger partial charge on any atom is 0.358 e. The first-order valence-corrected chi connectivity index (χ1v) is 15.3. The number of amides is 2. The molecule has 0 spiro atoms. The molecule has 0 aliphatic carbocycles. The Labute approximate surface area is 256 Å². The van der Waals surface area contributed by atoms with Crippen LogP contribution in [-0.2, 0) is 49.6 Å². The fourth-order valence-corrected chi connectivity index (χ4v) is 5.44. The number of rotatable bonds is 18. The van der Waals surface area contributed by atoms with Gasteiger partial charge < -0.3 is 23.8 Å². The summed E-state index contributed by atoms with van der Waals surface area (Å²) in [4.78, 5) is 45.9. The van der Waals surface area contributed by atoms with Crippen LogP contribution in [0.2, 0.25) is 0 Å². The average molecular weight is 607 g/mol. The van der Waals surface area contributed by atoms with Gasteiger partial charge in [-0.3, -0.25) is 14.4 Å². The number of imide groups is 1. The Hall–Kier alpha value is -2.41. The Morgan fingerprint density at radius 3 is 1.84 bits per heavy atom. The van der Waals surface area contributed by atoms with Crippen LogP contribution < -0.4 is 0 Å². The lowest BCUT2D eigenvalue weighted by molar-refractivity contribution is -0.313. The zero-order valence-corrected chi connectivity index (χ0v) is 26.7. The van der Waals surface area contributed by atoms with E-state index in [4.69, 9.17) is 28.6 Å². The first kappa shape index (κ1) is 35.1. The highest BCUT2D eigenvalue weighted by atomic mass is 16.7. The molecular weight excluding hydrogens is 556 g/mol. The Morgan fingerprint density at radius 2 is 1.30 bits per heavy atom. The standard InChI is InChI=1S/C32H50N2O9/c1-24(2)30(43-34-31(3,4)14-7-15-32(34,5)6)26-10-8-25(9-11-26)22-40-20-18-38-16-17-39-19-21-41-23-29(37)42-33-27(35)12-13-28(33)36/h8-11,24,30H,7,12-23H2,1-6H3. The summed E-state index contributed by atoms with van der Waals surface area (Å²) in [7, 11) is 0. The molecule has 0 saturated carbocycles. The summed E-state index contributed by atoms with van der Waals surface area (Å²) in [6.07, 6.45) is 3.54. The van der Waals surface area contributed by atoms with Gasteiger partial charge in [-0.2, -0.15) is 5.06 Å². The molecule has 2 fully saturated rings. The molecule has 43 heavy (non-hydrogen) atoms. The van der Waals surface area contributed by atoms with Crippen molar-refractivity contribution in [2.24, 2.45) is 5.92 Å². The van der Waals surface area contributed by atoms with E-state index in [1.807, 2.05) is 0 Å². The summed E-state index contributed by atoms with van der Waals surface area (Å²) in [6, 6.07) is 8.48. The minimum atomic E-state index is -0.808. The molecule has 242 valence electrons. The molecule has 2 saturated heterocycles. The number of nitrogens with zero attached hydrogens (tertiary/aromatic N) is 2. The SMILES string of the molecule is CC(C)C(ON1C(C)(C)CCCC1(C)C)c1ccc(COCCOCCOCCOCC(=O)ON2C(=O)CCC2=O)cc1.